The van der Waals surface area contributed by atoms with E-state index in [1.165, 1.54) is 12.3 Å². The number of carbonyl (C=O) groups excluding carboxylic acids is 4. The van der Waals surface area contributed by atoms with E-state index in [0.717, 1.165) is 75.9 Å². The fraction of sp³-hybridized carbons (Fsp3) is 0.708. The van der Waals surface area contributed by atoms with Crippen LogP contribution in [0.2, 0.25) is 0 Å². The van der Waals surface area contributed by atoms with E-state index in [9.17, 15) is 33.2 Å². The number of pyridine rings is 1. The molecule has 1 aromatic heterocycles. The van der Waals surface area contributed by atoms with Crippen molar-refractivity contribution in [2.24, 2.45) is 5.41 Å². The molecule has 4 fully saturated rings. The second-order valence-corrected chi connectivity index (χ2v) is 18.8. The van der Waals surface area contributed by atoms with Crippen LogP contribution >= 0.6 is 0 Å². The molecule has 0 aliphatic carbocycles. The smallest absolute Gasteiger partial charge is 0.268 e. The molecule has 2 aromatic rings. The lowest BCUT2D eigenvalue weighted by Gasteiger charge is -2.37. The summed E-state index contributed by atoms with van der Waals surface area (Å²) in [6.45, 7) is 14.2. The molecule has 1 unspecified atom stereocenters. The quantitative estimate of drug-likeness (QED) is 0.0650. The lowest BCUT2D eigenvalue weighted by atomic mass is 9.90. The molecular formula is C48H77F2N13O7. The molecular weight excluding hydrogens is 909 g/mol. The zero-order valence-electron chi connectivity index (χ0n) is 41.2. The standard InChI is InChI=1S/C48H77F2N13O7/c1-46-30-52-13-16-55-33-47(34-56-17-14-53-31-46,35-57-18-15-54-32-46)61-43(65)7-3-6-42(64)59-11-4-20-68-22-24-70-25-23-69-21-5-19-62(2)37-8-9-41-40(26-37)39(10-12-58-41)45(67)60-29-44(66)63-36-48(49,50)27-38(63)28-51/h8-10,12,26,38,52-57H,3-7,11,13-25,27,29-36H2,1-2H3,(H,59,64)(H,60,67)(H,61,65). The average Bonchev–Trinajstić information content (AvgIpc) is 3.67. The van der Waals surface area contributed by atoms with Crippen LogP contribution in [-0.2, 0) is 28.6 Å². The number of likely N-dealkylation sites (tertiary alicyclic amines) is 1. The number of hydrogen-bond donors (Lipinski definition) is 9. The van der Waals surface area contributed by atoms with Gasteiger partial charge in [-0.1, -0.05) is 6.92 Å². The van der Waals surface area contributed by atoms with Gasteiger partial charge in [-0.15, -0.1) is 0 Å². The predicted octanol–water partition coefficient (Wildman–Crippen LogP) is -0.297. The van der Waals surface area contributed by atoms with E-state index >= 15 is 0 Å². The molecule has 5 heterocycles. The van der Waals surface area contributed by atoms with E-state index in [2.05, 4.69) is 59.8 Å². The number of fused-ring (bicyclic) bond motifs is 16. The van der Waals surface area contributed by atoms with Crippen LogP contribution in [0.4, 0.5) is 14.5 Å². The van der Waals surface area contributed by atoms with Gasteiger partial charge in [0.05, 0.1) is 62.2 Å². The highest BCUT2D eigenvalue weighted by molar-refractivity contribution is 6.07. The maximum absolute atomic E-state index is 13.8. The Morgan fingerprint density at radius 3 is 1.97 bits per heavy atom. The number of benzene rings is 1. The number of aromatic nitrogens is 1. The minimum absolute atomic E-state index is 0.0668. The summed E-state index contributed by atoms with van der Waals surface area (Å²) < 4.78 is 44.7. The number of anilines is 1. The maximum Gasteiger partial charge on any atom is 0.268 e. The summed E-state index contributed by atoms with van der Waals surface area (Å²) in [5, 5.41) is 40.0. The Bertz CT molecular complexity index is 1950. The van der Waals surface area contributed by atoms with Crippen molar-refractivity contribution in [1.29, 1.82) is 5.26 Å². The van der Waals surface area contributed by atoms with Gasteiger partial charge in [-0.25, -0.2) is 8.78 Å². The highest BCUT2D eigenvalue weighted by atomic mass is 19.3. The highest BCUT2D eigenvalue weighted by Gasteiger charge is 2.47. The normalized spacial score (nSPS) is 22.4. The third-order valence-electron chi connectivity index (χ3n) is 12.6. The molecule has 0 saturated carbocycles. The van der Waals surface area contributed by atoms with E-state index in [0.29, 0.717) is 96.1 Å². The molecule has 4 amide bonds. The summed E-state index contributed by atoms with van der Waals surface area (Å²) in [6.07, 6.45) is 3.14. The van der Waals surface area contributed by atoms with Crippen molar-refractivity contribution in [2.75, 3.05) is 156 Å². The topological polar surface area (TPSA) is 247 Å². The van der Waals surface area contributed by atoms with E-state index in [1.54, 1.807) is 12.1 Å². The first-order valence-corrected chi connectivity index (χ1v) is 24.8. The minimum Gasteiger partial charge on any atom is -0.379 e. The first kappa shape index (κ1) is 56.2. The molecule has 1 aromatic carbocycles. The second kappa shape index (κ2) is 29.6. The molecule has 70 heavy (non-hydrogen) atoms. The molecule has 4 saturated heterocycles. The number of rotatable bonds is 23. The SMILES string of the molecule is CN(CCCOCCOCCOCCCNC(=O)CCCC(=O)NC12CNCCNCC(C)(CNCCNC1)CNCCNC2)c1ccc2nccc(C(=O)NCC(=O)N3CC(F)(F)CC3C#N)c2c1. The van der Waals surface area contributed by atoms with Gasteiger partial charge in [-0.3, -0.25) is 24.2 Å². The van der Waals surface area contributed by atoms with E-state index in [-0.39, 0.29) is 35.6 Å². The van der Waals surface area contributed by atoms with Gasteiger partial charge in [-0.2, -0.15) is 5.26 Å². The molecule has 6 rings (SSSR count). The summed E-state index contributed by atoms with van der Waals surface area (Å²) in [5.74, 6) is -4.60. The molecule has 4 aliphatic rings. The molecule has 20 nitrogen and oxygen atoms in total. The van der Waals surface area contributed by atoms with Crippen LogP contribution < -0.4 is 52.8 Å². The number of nitrogens with zero attached hydrogens (tertiary/aromatic N) is 4. The lowest BCUT2D eigenvalue weighted by Crippen LogP contribution is -2.66. The fourth-order valence-electron chi connectivity index (χ4n) is 8.64. The minimum atomic E-state index is -3.14. The number of halogens is 2. The monoisotopic (exact) mass is 986 g/mol. The largest absolute Gasteiger partial charge is 0.379 e. The Morgan fingerprint density at radius 1 is 0.786 bits per heavy atom. The summed E-state index contributed by atoms with van der Waals surface area (Å²) in [4.78, 5) is 58.7. The maximum atomic E-state index is 13.8. The number of ether oxygens (including phenoxy) is 3. The summed E-state index contributed by atoms with van der Waals surface area (Å²) in [5.41, 5.74) is 1.28. The molecule has 0 spiro atoms. The summed E-state index contributed by atoms with van der Waals surface area (Å²) in [7, 11) is 1.92. The van der Waals surface area contributed by atoms with Gasteiger partial charge in [0.15, 0.2) is 0 Å². The predicted molar refractivity (Wildman–Crippen MR) is 263 cm³/mol. The van der Waals surface area contributed by atoms with Gasteiger partial charge in [0, 0.05) is 154 Å². The lowest BCUT2D eigenvalue weighted by molar-refractivity contribution is -0.131. The van der Waals surface area contributed by atoms with Crippen LogP contribution in [0.25, 0.3) is 10.9 Å². The second-order valence-electron chi connectivity index (χ2n) is 18.8. The van der Waals surface area contributed by atoms with Gasteiger partial charge in [-0.05, 0) is 43.5 Å². The van der Waals surface area contributed by atoms with Crippen molar-refractivity contribution < 1.29 is 42.2 Å². The van der Waals surface area contributed by atoms with Crippen molar-refractivity contribution in [1.82, 2.24) is 57.7 Å². The van der Waals surface area contributed by atoms with Crippen LogP contribution in [0, 0.1) is 16.7 Å². The number of amides is 4. The van der Waals surface area contributed by atoms with Crippen molar-refractivity contribution in [3.63, 3.8) is 0 Å². The van der Waals surface area contributed by atoms with E-state index in [4.69, 9.17) is 14.2 Å². The Balaban J connectivity index is 0.873. The third kappa shape index (κ3) is 19.5. The average molecular weight is 986 g/mol. The number of carbonyl (C=O) groups is 4. The molecule has 1 atom stereocenters. The van der Waals surface area contributed by atoms with Gasteiger partial charge >= 0.3 is 0 Å². The molecule has 22 heteroatoms. The zero-order valence-corrected chi connectivity index (χ0v) is 41.2. The third-order valence-corrected chi connectivity index (χ3v) is 12.6. The number of nitrogens with one attached hydrogen (secondary N) is 9. The fourth-order valence-corrected chi connectivity index (χ4v) is 8.64. The van der Waals surface area contributed by atoms with Gasteiger partial charge in [0.1, 0.15) is 6.04 Å². The van der Waals surface area contributed by atoms with Crippen molar-refractivity contribution in [2.45, 2.75) is 63.0 Å². The van der Waals surface area contributed by atoms with Gasteiger partial charge < -0.3 is 71.9 Å². The Labute approximate surface area is 411 Å². The van der Waals surface area contributed by atoms with Crippen molar-refractivity contribution in [3.8, 4) is 6.07 Å². The molecule has 9 N–H and O–H groups in total. The van der Waals surface area contributed by atoms with Gasteiger partial charge in [0.2, 0.25) is 17.7 Å². The summed E-state index contributed by atoms with van der Waals surface area (Å²) in [6, 6.07) is 7.56. The molecule has 390 valence electrons. The molecule has 4 aliphatic heterocycles. The number of alkyl halides is 2. The van der Waals surface area contributed by atoms with Crippen molar-refractivity contribution >= 4 is 40.2 Å². The Hall–Kier alpha value is -4.70. The number of nitriles is 1. The number of hydrogen-bond acceptors (Lipinski definition) is 16. The van der Waals surface area contributed by atoms with Crippen LogP contribution in [0.1, 0.15) is 55.8 Å². The Morgan fingerprint density at radius 2 is 1.36 bits per heavy atom. The molecule has 2 bridgehead atoms. The van der Waals surface area contributed by atoms with E-state index < -0.39 is 48.8 Å². The first-order valence-electron chi connectivity index (χ1n) is 24.8. The van der Waals surface area contributed by atoms with Crippen LogP contribution in [0.3, 0.4) is 0 Å². The van der Waals surface area contributed by atoms with Crippen LogP contribution in [0.15, 0.2) is 30.5 Å². The highest BCUT2D eigenvalue weighted by Crippen LogP contribution is 2.31. The summed E-state index contributed by atoms with van der Waals surface area (Å²) >= 11 is 0. The van der Waals surface area contributed by atoms with Crippen LogP contribution in [0.5, 0.6) is 0 Å². The molecule has 0 radical (unpaired) electrons. The first-order chi connectivity index (χ1) is 33.8. The van der Waals surface area contributed by atoms with Crippen LogP contribution in [-0.4, -0.2) is 202 Å². The zero-order chi connectivity index (χ0) is 50.1. The Kier molecular flexibility index (Phi) is 23.8. The van der Waals surface area contributed by atoms with E-state index in [1.807, 2.05) is 24.1 Å². The van der Waals surface area contributed by atoms with Crippen molar-refractivity contribution in [3.05, 3.63) is 36.0 Å². The van der Waals surface area contributed by atoms with Gasteiger partial charge in [0.25, 0.3) is 11.8 Å².